The first kappa shape index (κ1) is 13.2. The zero-order chi connectivity index (χ0) is 14.6. The number of carbonyl (C=O) groups is 2. The second-order valence-corrected chi connectivity index (χ2v) is 5.76. The van der Waals surface area contributed by atoms with Crippen molar-refractivity contribution in [3.63, 3.8) is 0 Å². The molecule has 2 amide bonds. The topological polar surface area (TPSA) is 59.1 Å². The number of anilines is 1. The van der Waals surface area contributed by atoms with Gasteiger partial charge in [0.05, 0.1) is 30.9 Å². The number of fused-ring (bicyclic) bond motifs is 3. The van der Waals surface area contributed by atoms with Gasteiger partial charge in [0.25, 0.3) is 5.91 Å². The molecule has 3 atom stereocenters. The van der Waals surface area contributed by atoms with Crippen molar-refractivity contribution < 1.29 is 19.2 Å². The predicted molar refractivity (Wildman–Crippen MR) is 73.6 cm³/mol. The Labute approximate surface area is 126 Å². The van der Waals surface area contributed by atoms with E-state index in [1.54, 1.807) is 29.3 Å². The number of ether oxygens (including phenoxy) is 1. The molecule has 3 fully saturated rings. The Morgan fingerprint density at radius 2 is 1.90 bits per heavy atom. The zero-order valence-corrected chi connectivity index (χ0v) is 11.8. The number of imide groups is 1. The standard InChI is InChI=1S/C14H13ClN2O4/c15-8-1-3-9(4-2-8)17-13(18)11-10-7-20-6-5-16(10)21-12(11)14(17)19/h1-4,10-12H,5-7H2/t10-,11+,12-/m0/s1. The average Bonchev–Trinajstić information content (AvgIpc) is 2.98. The van der Waals surface area contributed by atoms with Crippen molar-refractivity contribution in [2.75, 3.05) is 24.7 Å². The maximum absolute atomic E-state index is 12.6. The van der Waals surface area contributed by atoms with Gasteiger partial charge in [0.2, 0.25) is 5.91 Å². The van der Waals surface area contributed by atoms with Gasteiger partial charge in [-0.15, -0.1) is 0 Å². The first-order valence-corrected chi connectivity index (χ1v) is 7.19. The predicted octanol–water partition coefficient (Wildman–Crippen LogP) is 0.844. The smallest absolute Gasteiger partial charge is 0.265 e. The Balaban J connectivity index is 1.66. The second kappa shape index (κ2) is 4.78. The van der Waals surface area contributed by atoms with Crippen molar-refractivity contribution >= 4 is 29.1 Å². The van der Waals surface area contributed by atoms with Crippen LogP contribution in [0.4, 0.5) is 5.69 Å². The molecule has 0 spiro atoms. The van der Waals surface area contributed by atoms with Crippen molar-refractivity contribution in [1.29, 1.82) is 0 Å². The van der Waals surface area contributed by atoms with E-state index in [-0.39, 0.29) is 17.9 Å². The van der Waals surface area contributed by atoms with E-state index in [4.69, 9.17) is 21.2 Å². The molecule has 0 aromatic heterocycles. The molecule has 0 radical (unpaired) electrons. The zero-order valence-electron chi connectivity index (χ0n) is 11.1. The summed E-state index contributed by atoms with van der Waals surface area (Å²) in [7, 11) is 0. The molecule has 1 aromatic carbocycles. The lowest BCUT2D eigenvalue weighted by Crippen LogP contribution is -2.46. The molecule has 0 unspecified atom stereocenters. The highest BCUT2D eigenvalue weighted by Crippen LogP contribution is 2.39. The number of halogens is 1. The first-order chi connectivity index (χ1) is 10.2. The van der Waals surface area contributed by atoms with Gasteiger partial charge < -0.3 is 4.74 Å². The SMILES string of the molecule is O=C1[C@H]2[C@H](ON3CCOC[C@@H]23)C(=O)N1c1ccc(Cl)cc1. The number of nitrogens with zero attached hydrogens (tertiary/aromatic N) is 2. The Hall–Kier alpha value is -1.47. The molecule has 3 aliphatic heterocycles. The summed E-state index contributed by atoms with van der Waals surface area (Å²) >= 11 is 5.84. The van der Waals surface area contributed by atoms with Crippen LogP contribution in [-0.4, -0.2) is 48.8 Å². The fraction of sp³-hybridized carbons (Fsp3) is 0.429. The fourth-order valence-electron chi connectivity index (χ4n) is 3.16. The number of amides is 2. The maximum Gasteiger partial charge on any atom is 0.265 e. The summed E-state index contributed by atoms with van der Waals surface area (Å²) in [5, 5.41) is 2.27. The largest absolute Gasteiger partial charge is 0.378 e. The van der Waals surface area contributed by atoms with Crippen molar-refractivity contribution in [1.82, 2.24) is 5.06 Å². The third-order valence-corrected chi connectivity index (χ3v) is 4.41. The highest BCUT2D eigenvalue weighted by Gasteiger charge is 2.60. The maximum atomic E-state index is 12.6. The Kier molecular flexibility index (Phi) is 3.00. The summed E-state index contributed by atoms with van der Waals surface area (Å²) in [6, 6.07) is 6.45. The molecular weight excluding hydrogens is 296 g/mol. The van der Waals surface area contributed by atoms with E-state index in [0.717, 1.165) is 0 Å². The van der Waals surface area contributed by atoms with Crippen LogP contribution in [0, 0.1) is 5.92 Å². The Morgan fingerprint density at radius 3 is 2.67 bits per heavy atom. The van der Waals surface area contributed by atoms with Crippen molar-refractivity contribution in [2.45, 2.75) is 12.1 Å². The fourth-order valence-corrected chi connectivity index (χ4v) is 3.28. The highest BCUT2D eigenvalue weighted by molar-refractivity contribution is 6.31. The number of benzene rings is 1. The molecular formula is C14H13ClN2O4. The van der Waals surface area contributed by atoms with Crippen LogP contribution in [0.1, 0.15) is 0 Å². The van der Waals surface area contributed by atoms with Crippen LogP contribution in [0.2, 0.25) is 5.02 Å². The Bertz CT molecular complexity index is 605. The quantitative estimate of drug-likeness (QED) is 0.720. The average molecular weight is 309 g/mol. The lowest BCUT2D eigenvalue weighted by Gasteiger charge is -2.30. The van der Waals surface area contributed by atoms with Gasteiger partial charge in [0.15, 0.2) is 6.10 Å². The lowest BCUT2D eigenvalue weighted by molar-refractivity contribution is -0.197. The highest BCUT2D eigenvalue weighted by atomic mass is 35.5. The van der Waals surface area contributed by atoms with Crippen LogP contribution in [0.5, 0.6) is 0 Å². The molecule has 7 heteroatoms. The van der Waals surface area contributed by atoms with E-state index in [1.165, 1.54) is 4.90 Å². The van der Waals surface area contributed by atoms with Crippen LogP contribution in [-0.2, 0) is 19.2 Å². The number of hydroxylamine groups is 2. The molecule has 21 heavy (non-hydrogen) atoms. The number of hydrogen-bond acceptors (Lipinski definition) is 5. The van der Waals surface area contributed by atoms with E-state index in [0.29, 0.717) is 30.5 Å². The summed E-state index contributed by atoms with van der Waals surface area (Å²) in [6.45, 7) is 1.55. The number of carbonyl (C=O) groups excluding carboxylic acids is 2. The third-order valence-electron chi connectivity index (χ3n) is 4.16. The first-order valence-electron chi connectivity index (χ1n) is 6.81. The molecule has 6 nitrogen and oxygen atoms in total. The van der Waals surface area contributed by atoms with Crippen LogP contribution in [0.3, 0.4) is 0 Å². The van der Waals surface area contributed by atoms with E-state index in [9.17, 15) is 9.59 Å². The number of rotatable bonds is 1. The summed E-state index contributed by atoms with van der Waals surface area (Å²) in [6.07, 6.45) is -0.736. The molecule has 0 bridgehead atoms. The number of morpholine rings is 1. The minimum absolute atomic E-state index is 0.183. The van der Waals surface area contributed by atoms with Crippen molar-refractivity contribution in [3.8, 4) is 0 Å². The van der Waals surface area contributed by atoms with Crippen molar-refractivity contribution in [3.05, 3.63) is 29.3 Å². The van der Waals surface area contributed by atoms with Gasteiger partial charge in [-0.3, -0.25) is 14.4 Å². The normalized spacial score (nSPS) is 32.4. The van der Waals surface area contributed by atoms with Gasteiger partial charge in [0.1, 0.15) is 0 Å². The van der Waals surface area contributed by atoms with Gasteiger partial charge >= 0.3 is 0 Å². The number of hydrogen-bond donors (Lipinski definition) is 0. The molecule has 0 saturated carbocycles. The molecule has 0 aliphatic carbocycles. The minimum atomic E-state index is -0.736. The third kappa shape index (κ3) is 1.91. The summed E-state index contributed by atoms with van der Waals surface area (Å²) in [4.78, 5) is 32.0. The molecule has 3 aliphatic rings. The summed E-state index contributed by atoms with van der Waals surface area (Å²) in [5.41, 5.74) is 0.524. The molecule has 1 aromatic rings. The van der Waals surface area contributed by atoms with Gasteiger partial charge in [-0.2, -0.15) is 5.06 Å². The van der Waals surface area contributed by atoms with Crippen LogP contribution >= 0.6 is 11.6 Å². The summed E-state index contributed by atoms with van der Waals surface area (Å²) < 4.78 is 5.41. The van der Waals surface area contributed by atoms with Gasteiger partial charge in [-0.25, -0.2) is 4.90 Å². The van der Waals surface area contributed by atoms with Crippen LogP contribution in [0.25, 0.3) is 0 Å². The lowest BCUT2D eigenvalue weighted by atomic mass is 9.97. The van der Waals surface area contributed by atoms with E-state index in [1.807, 2.05) is 0 Å². The molecule has 3 heterocycles. The monoisotopic (exact) mass is 308 g/mol. The molecule has 4 rings (SSSR count). The second-order valence-electron chi connectivity index (χ2n) is 5.32. The molecule has 0 N–H and O–H groups in total. The van der Waals surface area contributed by atoms with Gasteiger partial charge in [-0.05, 0) is 24.3 Å². The molecule has 110 valence electrons. The van der Waals surface area contributed by atoms with Crippen LogP contribution < -0.4 is 4.90 Å². The summed E-state index contributed by atoms with van der Waals surface area (Å²) in [5.74, 6) is -1.04. The van der Waals surface area contributed by atoms with Crippen LogP contribution in [0.15, 0.2) is 24.3 Å². The van der Waals surface area contributed by atoms with E-state index < -0.39 is 12.0 Å². The van der Waals surface area contributed by atoms with Gasteiger partial charge in [-0.1, -0.05) is 11.6 Å². The minimum Gasteiger partial charge on any atom is -0.378 e. The van der Waals surface area contributed by atoms with E-state index >= 15 is 0 Å². The van der Waals surface area contributed by atoms with Gasteiger partial charge in [0, 0.05) is 11.6 Å². The molecule has 3 saturated heterocycles. The Morgan fingerprint density at radius 1 is 1.14 bits per heavy atom. The van der Waals surface area contributed by atoms with E-state index in [2.05, 4.69) is 0 Å². The van der Waals surface area contributed by atoms with Crippen molar-refractivity contribution in [2.24, 2.45) is 5.92 Å².